The van der Waals surface area contributed by atoms with Crippen LogP contribution < -0.4 is 0 Å². The maximum Gasteiger partial charge on any atom is 0.455 e. The van der Waals surface area contributed by atoms with E-state index < -0.39 is 13.0 Å². The molecule has 6 nitrogen and oxygen atoms in total. The number of carbonyl (C=O) groups is 2. The molecule has 1 aromatic carbocycles. The third kappa shape index (κ3) is 4.82. The van der Waals surface area contributed by atoms with Gasteiger partial charge in [0.25, 0.3) is 0 Å². The Morgan fingerprint density at radius 1 is 1.22 bits per heavy atom. The SMILES string of the molecule is CC/C(=C\c1cccc(O)c1)CC[C@H]1OB(O)C[C@H]2C1=C(C)C[C@H]1C(=O)N(Cc3cccs3)C(=O)[C@H]12. The second-order valence-corrected chi connectivity index (χ2v) is 11.2. The summed E-state index contributed by atoms with van der Waals surface area (Å²) in [5.41, 5.74) is 4.40. The van der Waals surface area contributed by atoms with Crippen molar-refractivity contribution in [1.82, 2.24) is 4.90 Å². The summed E-state index contributed by atoms with van der Waals surface area (Å²) in [4.78, 5) is 29.2. The summed E-state index contributed by atoms with van der Waals surface area (Å²) in [5.74, 6) is -0.916. The minimum absolute atomic E-state index is 0.0864. The molecule has 36 heavy (non-hydrogen) atoms. The molecule has 0 saturated carbocycles. The van der Waals surface area contributed by atoms with Crippen molar-refractivity contribution in [2.45, 2.75) is 58.5 Å². The third-order valence-corrected chi connectivity index (χ3v) is 8.72. The molecule has 2 N–H and O–H groups in total. The van der Waals surface area contributed by atoms with Crippen LogP contribution in [0.5, 0.6) is 5.75 Å². The van der Waals surface area contributed by atoms with E-state index in [4.69, 9.17) is 4.65 Å². The van der Waals surface area contributed by atoms with Gasteiger partial charge in [0.05, 0.1) is 24.5 Å². The van der Waals surface area contributed by atoms with Crippen LogP contribution in [-0.4, -0.2) is 40.1 Å². The van der Waals surface area contributed by atoms with E-state index in [1.54, 1.807) is 23.5 Å². The highest BCUT2D eigenvalue weighted by molar-refractivity contribution is 7.09. The fourth-order valence-corrected chi connectivity index (χ4v) is 6.91. The molecule has 4 atom stereocenters. The fourth-order valence-electron chi connectivity index (χ4n) is 6.22. The van der Waals surface area contributed by atoms with Crippen LogP contribution in [0, 0.1) is 17.8 Å². The van der Waals surface area contributed by atoms with Gasteiger partial charge >= 0.3 is 7.12 Å². The number of aromatic hydroxyl groups is 1. The largest absolute Gasteiger partial charge is 0.508 e. The number of carbonyl (C=O) groups excluding carboxylic acids is 2. The van der Waals surface area contributed by atoms with Crippen LogP contribution in [-0.2, 0) is 20.8 Å². The minimum atomic E-state index is -0.954. The Morgan fingerprint density at radius 3 is 2.78 bits per heavy atom. The number of hydrogen-bond acceptors (Lipinski definition) is 6. The number of imide groups is 1. The number of amides is 2. The Hall–Kier alpha value is -2.68. The minimum Gasteiger partial charge on any atom is -0.508 e. The van der Waals surface area contributed by atoms with Crippen molar-refractivity contribution in [2.24, 2.45) is 17.8 Å². The zero-order chi connectivity index (χ0) is 25.4. The number of benzene rings is 1. The smallest absolute Gasteiger partial charge is 0.455 e. The fraction of sp³-hybridized carbons (Fsp3) is 0.429. The molecule has 2 saturated heterocycles. The lowest BCUT2D eigenvalue weighted by molar-refractivity contribution is -0.140. The Labute approximate surface area is 216 Å². The van der Waals surface area contributed by atoms with E-state index in [1.807, 2.05) is 29.6 Å². The van der Waals surface area contributed by atoms with Crippen molar-refractivity contribution in [2.75, 3.05) is 0 Å². The average Bonchev–Trinajstić information content (AvgIpc) is 3.44. The number of nitrogens with zero attached hydrogens (tertiary/aromatic N) is 1. The second-order valence-electron chi connectivity index (χ2n) is 10.1. The Bertz CT molecular complexity index is 1210. The van der Waals surface area contributed by atoms with Gasteiger partial charge in [-0.05, 0) is 79.6 Å². The molecular weight excluding hydrogens is 473 g/mol. The first-order valence-electron chi connectivity index (χ1n) is 12.7. The lowest BCUT2D eigenvalue weighted by atomic mass is 9.59. The summed E-state index contributed by atoms with van der Waals surface area (Å²) >= 11 is 1.55. The molecule has 2 aromatic rings. The molecule has 3 heterocycles. The molecule has 1 aromatic heterocycles. The predicted molar refractivity (Wildman–Crippen MR) is 141 cm³/mol. The van der Waals surface area contributed by atoms with Gasteiger partial charge in [-0.25, -0.2) is 0 Å². The highest BCUT2D eigenvalue weighted by atomic mass is 32.1. The van der Waals surface area contributed by atoms with Crippen LogP contribution in [0.1, 0.15) is 50.0 Å². The Kier molecular flexibility index (Phi) is 7.19. The quantitative estimate of drug-likeness (QED) is 0.313. The number of thiophene rings is 1. The molecule has 2 fully saturated rings. The number of hydrogen-bond donors (Lipinski definition) is 2. The number of fused-ring (bicyclic) bond motifs is 3. The third-order valence-electron chi connectivity index (χ3n) is 7.86. The Balaban J connectivity index is 1.36. The highest BCUT2D eigenvalue weighted by Crippen LogP contribution is 2.50. The maximum atomic E-state index is 13.5. The number of phenols is 1. The van der Waals surface area contributed by atoms with Crippen molar-refractivity contribution in [3.05, 3.63) is 68.9 Å². The number of likely N-dealkylation sites (tertiary alicyclic amines) is 1. The lowest BCUT2D eigenvalue weighted by Crippen LogP contribution is -2.46. The van der Waals surface area contributed by atoms with Crippen LogP contribution >= 0.6 is 11.3 Å². The van der Waals surface area contributed by atoms with Crippen LogP contribution in [0.15, 0.2) is 58.5 Å². The van der Waals surface area contributed by atoms with Gasteiger partial charge in [-0.15, -0.1) is 11.3 Å². The molecule has 0 unspecified atom stereocenters. The highest BCUT2D eigenvalue weighted by Gasteiger charge is 2.56. The van der Waals surface area contributed by atoms with Crippen LogP contribution in [0.4, 0.5) is 0 Å². The van der Waals surface area contributed by atoms with Crippen molar-refractivity contribution in [1.29, 1.82) is 0 Å². The molecule has 3 aliphatic rings. The molecule has 2 amide bonds. The van der Waals surface area contributed by atoms with Crippen molar-refractivity contribution in [3.63, 3.8) is 0 Å². The average molecular weight is 505 g/mol. The van der Waals surface area contributed by atoms with E-state index in [0.717, 1.165) is 34.4 Å². The summed E-state index contributed by atoms with van der Waals surface area (Å²) in [6.45, 7) is 4.48. The standard InChI is InChI=1S/C28H32BNO5S/c1-3-18(13-19-6-4-7-20(31)14-19)9-10-24-25-17(2)12-22-26(23(25)15-29(34)35-24)28(33)30(27(22)32)16-21-8-5-11-36-21/h4-8,11,13-14,22-24,26,31,34H,3,9-10,12,15-16H2,1-2H3/b18-13+/t22-,23+,24-,26-/m1/s1. The first-order chi connectivity index (χ1) is 17.4. The number of allylic oxidation sites excluding steroid dienone is 2. The lowest BCUT2D eigenvalue weighted by Gasteiger charge is -2.42. The molecule has 1 aliphatic carbocycles. The number of phenolic OH excluding ortho intramolecular Hbond substituents is 1. The summed E-state index contributed by atoms with van der Waals surface area (Å²) < 4.78 is 6.04. The van der Waals surface area contributed by atoms with E-state index in [-0.39, 0.29) is 35.5 Å². The molecule has 8 heteroatoms. The summed E-state index contributed by atoms with van der Waals surface area (Å²) in [7, 11) is -0.954. The van der Waals surface area contributed by atoms with Gasteiger partial charge in [-0.3, -0.25) is 14.5 Å². The molecule has 5 rings (SSSR count). The first kappa shape index (κ1) is 25.0. The van der Waals surface area contributed by atoms with Gasteiger partial charge in [0.1, 0.15) is 5.75 Å². The van der Waals surface area contributed by atoms with Crippen LogP contribution in [0.25, 0.3) is 6.08 Å². The first-order valence-corrected chi connectivity index (χ1v) is 13.6. The molecule has 0 spiro atoms. The molecule has 0 bridgehead atoms. The van der Waals surface area contributed by atoms with Crippen molar-refractivity contribution in [3.8, 4) is 5.75 Å². The van der Waals surface area contributed by atoms with E-state index in [9.17, 15) is 19.7 Å². The van der Waals surface area contributed by atoms with Gasteiger partial charge < -0.3 is 14.8 Å². The Morgan fingerprint density at radius 2 is 2.06 bits per heavy atom. The van der Waals surface area contributed by atoms with Gasteiger partial charge in [-0.1, -0.05) is 42.3 Å². The molecular formula is C28H32BNO5S. The van der Waals surface area contributed by atoms with Crippen LogP contribution in [0.2, 0.25) is 6.32 Å². The predicted octanol–water partition coefficient (Wildman–Crippen LogP) is 5.04. The van der Waals surface area contributed by atoms with Crippen LogP contribution in [0.3, 0.4) is 0 Å². The zero-order valence-corrected chi connectivity index (χ0v) is 21.5. The summed E-state index contributed by atoms with van der Waals surface area (Å²) in [5, 5.41) is 22.4. The zero-order valence-electron chi connectivity index (χ0n) is 20.7. The maximum absolute atomic E-state index is 13.5. The van der Waals surface area contributed by atoms with E-state index >= 15 is 0 Å². The van der Waals surface area contributed by atoms with Gasteiger partial charge in [0, 0.05) is 4.88 Å². The number of rotatable bonds is 7. The van der Waals surface area contributed by atoms with Gasteiger partial charge in [0.15, 0.2) is 0 Å². The topological polar surface area (TPSA) is 87.1 Å². The van der Waals surface area contributed by atoms with E-state index in [0.29, 0.717) is 25.7 Å². The summed E-state index contributed by atoms with van der Waals surface area (Å²) in [6, 6.07) is 11.1. The van der Waals surface area contributed by atoms with E-state index in [1.165, 1.54) is 10.5 Å². The molecule has 0 radical (unpaired) electrons. The molecule has 188 valence electrons. The van der Waals surface area contributed by atoms with Gasteiger partial charge in [-0.2, -0.15) is 0 Å². The monoisotopic (exact) mass is 505 g/mol. The van der Waals surface area contributed by atoms with Crippen molar-refractivity contribution < 1.29 is 24.4 Å². The second kappa shape index (κ2) is 10.4. The van der Waals surface area contributed by atoms with Crippen molar-refractivity contribution >= 4 is 36.3 Å². The van der Waals surface area contributed by atoms with E-state index in [2.05, 4.69) is 19.9 Å². The molecule has 2 aliphatic heterocycles. The normalized spacial score (nSPS) is 26.5. The summed E-state index contributed by atoms with van der Waals surface area (Å²) in [6.07, 6.45) is 5.05. The van der Waals surface area contributed by atoms with Gasteiger partial charge in [0.2, 0.25) is 11.8 Å².